The van der Waals surface area contributed by atoms with E-state index >= 15 is 0 Å². The zero-order valence-corrected chi connectivity index (χ0v) is 12.2. The Balaban J connectivity index is 1.82. The van der Waals surface area contributed by atoms with Crippen molar-refractivity contribution in [3.05, 3.63) is 33.9 Å². The number of nitro benzene ring substituents is 1. The molecule has 0 saturated heterocycles. The van der Waals surface area contributed by atoms with Gasteiger partial charge in [-0.15, -0.1) is 0 Å². The van der Waals surface area contributed by atoms with E-state index in [9.17, 15) is 14.9 Å². The van der Waals surface area contributed by atoms with Gasteiger partial charge in [-0.2, -0.15) is 5.26 Å². The van der Waals surface area contributed by atoms with Gasteiger partial charge < -0.3 is 10.6 Å². The van der Waals surface area contributed by atoms with Gasteiger partial charge in [-0.25, -0.2) is 0 Å². The monoisotopic (exact) mass is 302 g/mol. The van der Waals surface area contributed by atoms with Gasteiger partial charge >= 0.3 is 0 Å². The van der Waals surface area contributed by atoms with Gasteiger partial charge in [0.25, 0.3) is 5.69 Å². The summed E-state index contributed by atoms with van der Waals surface area (Å²) in [4.78, 5) is 21.9. The summed E-state index contributed by atoms with van der Waals surface area (Å²) in [6.45, 7) is 0.418. The number of carbonyl (C=O) groups is 1. The van der Waals surface area contributed by atoms with Crippen LogP contribution in [-0.4, -0.2) is 23.4 Å². The summed E-state index contributed by atoms with van der Waals surface area (Å²) in [6, 6.07) is 6.36. The molecule has 0 bridgehead atoms. The number of anilines is 1. The van der Waals surface area contributed by atoms with Crippen molar-refractivity contribution in [1.29, 1.82) is 5.26 Å². The van der Waals surface area contributed by atoms with Gasteiger partial charge in [0, 0.05) is 30.8 Å². The van der Waals surface area contributed by atoms with Crippen LogP contribution in [-0.2, 0) is 4.79 Å². The number of nitriles is 1. The minimum absolute atomic E-state index is 0.00168. The van der Waals surface area contributed by atoms with Crippen LogP contribution < -0.4 is 10.6 Å². The van der Waals surface area contributed by atoms with Gasteiger partial charge in [-0.1, -0.05) is 12.8 Å². The summed E-state index contributed by atoms with van der Waals surface area (Å²) in [6.07, 6.45) is 4.77. The Labute approximate surface area is 128 Å². The molecule has 1 amide bonds. The van der Waals surface area contributed by atoms with Gasteiger partial charge in [0.1, 0.15) is 11.6 Å². The van der Waals surface area contributed by atoms with E-state index in [0.29, 0.717) is 24.7 Å². The van der Waals surface area contributed by atoms with E-state index in [2.05, 4.69) is 10.6 Å². The van der Waals surface area contributed by atoms with Gasteiger partial charge in [0.15, 0.2) is 0 Å². The van der Waals surface area contributed by atoms with Gasteiger partial charge in [0.05, 0.1) is 4.92 Å². The summed E-state index contributed by atoms with van der Waals surface area (Å²) in [5.41, 5.74) is 0.383. The largest absolute Gasteiger partial charge is 0.384 e. The van der Waals surface area contributed by atoms with Crippen molar-refractivity contribution < 1.29 is 9.72 Å². The van der Waals surface area contributed by atoms with Crippen LogP contribution >= 0.6 is 0 Å². The highest BCUT2D eigenvalue weighted by Gasteiger charge is 2.17. The molecule has 0 heterocycles. The quantitative estimate of drug-likeness (QED) is 0.619. The molecule has 1 aromatic carbocycles. The lowest BCUT2D eigenvalue weighted by molar-refractivity contribution is -0.385. The van der Waals surface area contributed by atoms with Gasteiger partial charge in [-0.05, 0) is 25.0 Å². The van der Waals surface area contributed by atoms with Crippen LogP contribution in [0, 0.1) is 21.4 Å². The first-order chi connectivity index (χ1) is 10.6. The van der Waals surface area contributed by atoms with Gasteiger partial charge in [0.2, 0.25) is 5.91 Å². The van der Waals surface area contributed by atoms with E-state index in [1.165, 1.54) is 31.0 Å². The molecule has 1 saturated carbocycles. The summed E-state index contributed by atoms with van der Waals surface area (Å²) < 4.78 is 0. The third-order valence-corrected chi connectivity index (χ3v) is 3.72. The summed E-state index contributed by atoms with van der Waals surface area (Å²) in [5.74, 6) is 0.00168. The molecule has 1 aromatic rings. The van der Waals surface area contributed by atoms with Crippen molar-refractivity contribution in [3.8, 4) is 6.07 Å². The van der Waals surface area contributed by atoms with Crippen molar-refractivity contribution in [1.82, 2.24) is 5.32 Å². The molecule has 7 heteroatoms. The fourth-order valence-electron chi connectivity index (χ4n) is 2.59. The molecule has 0 aromatic heterocycles. The first kappa shape index (κ1) is 15.8. The number of rotatable bonds is 6. The van der Waals surface area contributed by atoms with Crippen LogP contribution in [0.4, 0.5) is 11.4 Å². The van der Waals surface area contributed by atoms with E-state index in [1.54, 1.807) is 6.07 Å². The third-order valence-electron chi connectivity index (χ3n) is 3.72. The number of nitro groups is 1. The summed E-state index contributed by atoms with van der Waals surface area (Å²) in [5, 5.41) is 25.7. The second-order valence-electron chi connectivity index (χ2n) is 5.33. The highest BCUT2D eigenvalue weighted by atomic mass is 16.6. The number of carbonyl (C=O) groups excluding carboxylic acids is 1. The lowest BCUT2D eigenvalue weighted by atomic mass is 10.1. The molecule has 1 fully saturated rings. The molecule has 7 nitrogen and oxygen atoms in total. The maximum Gasteiger partial charge on any atom is 0.287 e. The fourth-order valence-corrected chi connectivity index (χ4v) is 2.59. The molecule has 1 aliphatic rings. The minimum Gasteiger partial charge on any atom is -0.384 e. The van der Waals surface area contributed by atoms with Crippen molar-refractivity contribution in [2.45, 2.75) is 38.1 Å². The molecule has 22 heavy (non-hydrogen) atoms. The first-order valence-corrected chi connectivity index (χ1v) is 7.32. The molecule has 0 spiro atoms. The molecule has 0 unspecified atom stereocenters. The molecular weight excluding hydrogens is 284 g/mol. The number of benzene rings is 1. The number of hydrogen-bond donors (Lipinski definition) is 2. The normalized spacial score (nSPS) is 14.3. The van der Waals surface area contributed by atoms with Crippen molar-refractivity contribution in [2.75, 3.05) is 11.9 Å². The lowest BCUT2D eigenvalue weighted by Gasteiger charge is -2.12. The van der Waals surface area contributed by atoms with Crippen molar-refractivity contribution in [3.63, 3.8) is 0 Å². The topological polar surface area (TPSA) is 108 Å². The Morgan fingerprint density at radius 2 is 2.14 bits per heavy atom. The van der Waals surface area contributed by atoms with Gasteiger partial charge in [-0.3, -0.25) is 14.9 Å². The number of nitrogens with zero attached hydrogens (tertiary/aromatic N) is 2. The van der Waals surface area contributed by atoms with Crippen LogP contribution in [0.1, 0.15) is 37.7 Å². The lowest BCUT2D eigenvalue weighted by Crippen LogP contribution is -2.33. The molecule has 2 N–H and O–H groups in total. The second-order valence-corrected chi connectivity index (χ2v) is 5.33. The van der Waals surface area contributed by atoms with Crippen LogP contribution in [0.2, 0.25) is 0 Å². The minimum atomic E-state index is -0.586. The highest BCUT2D eigenvalue weighted by Crippen LogP contribution is 2.21. The molecule has 116 valence electrons. The zero-order chi connectivity index (χ0) is 15.9. The van der Waals surface area contributed by atoms with Crippen molar-refractivity contribution >= 4 is 17.3 Å². The molecule has 0 radical (unpaired) electrons. The molecule has 0 atom stereocenters. The Morgan fingerprint density at radius 1 is 1.41 bits per heavy atom. The zero-order valence-electron chi connectivity index (χ0n) is 12.2. The third kappa shape index (κ3) is 4.19. The van der Waals surface area contributed by atoms with E-state index in [0.717, 1.165) is 12.8 Å². The van der Waals surface area contributed by atoms with E-state index in [-0.39, 0.29) is 17.2 Å². The predicted molar refractivity (Wildman–Crippen MR) is 81.3 cm³/mol. The average molecular weight is 302 g/mol. The standard InChI is InChI=1S/C15H18N4O3/c16-10-11-9-13(5-6-14(11)19(21)22)17-8-7-15(20)18-12-3-1-2-4-12/h5-6,9,12,17H,1-4,7-8H2,(H,18,20). The van der Waals surface area contributed by atoms with E-state index in [1.807, 2.05) is 0 Å². The Hall–Kier alpha value is -2.62. The summed E-state index contributed by atoms with van der Waals surface area (Å²) >= 11 is 0. The maximum absolute atomic E-state index is 11.8. The number of hydrogen-bond acceptors (Lipinski definition) is 5. The first-order valence-electron chi connectivity index (χ1n) is 7.32. The molecule has 0 aliphatic heterocycles. The predicted octanol–water partition coefficient (Wildman–Crippen LogP) is 2.33. The molecule has 2 rings (SSSR count). The number of nitrogens with one attached hydrogen (secondary N) is 2. The Bertz CT molecular complexity index is 603. The molecular formula is C15H18N4O3. The Kier molecular flexibility index (Phi) is 5.31. The van der Waals surface area contributed by atoms with E-state index in [4.69, 9.17) is 5.26 Å². The maximum atomic E-state index is 11.8. The fraction of sp³-hybridized carbons (Fsp3) is 0.467. The Morgan fingerprint density at radius 3 is 2.77 bits per heavy atom. The molecule has 1 aliphatic carbocycles. The van der Waals surface area contributed by atoms with Crippen LogP contribution in [0.25, 0.3) is 0 Å². The van der Waals surface area contributed by atoms with E-state index < -0.39 is 4.92 Å². The number of amides is 1. The van der Waals surface area contributed by atoms with Crippen LogP contribution in [0.15, 0.2) is 18.2 Å². The second kappa shape index (κ2) is 7.41. The van der Waals surface area contributed by atoms with Crippen LogP contribution in [0.5, 0.6) is 0 Å². The van der Waals surface area contributed by atoms with Crippen molar-refractivity contribution in [2.24, 2.45) is 0 Å². The average Bonchev–Trinajstić information content (AvgIpc) is 2.99. The SMILES string of the molecule is N#Cc1cc(NCCC(=O)NC2CCCC2)ccc1[N+](=O)[O-]. The highest BCUT2D eigenvalue weighted by molar-refractivity contribution is 5.76. The smallest absolute Gasteiger partial charge is 0.287 e. The van der Waals surface area contributed by atoms with Crippen LogP contribution in [0.3, 0.4) is 0 Å². The summed E-state index contributed by atoms with van der Waals surface area (Å²) in [7, 11) is 0.